The van der Waals surface area contributed by atoms with Crippen molar-refractivity contribution in [2.24, 2.45) is 5.92 Å². The molecule has 0 aromatic carbocycles. The van der Waals surface area contributed by atoms with E-state index in [1.807, 2.05) is 6.07 Å². The number of carbonyl (C=O) groups is 2. The third-order valence-corrected chi connectivity index (χ3v) is 1.52. The molecular formula is C8H11NO3. The Hall–Kier alpha value is -1.37. The standard InChI is InChI=1S/C8H11NO3/c1-6(10)7(4-3-5-9)8(11)12-2/h7H,3-4H2,1-2H3. The molecule has 0 fully saturated rings. The lowest BCUT2D eigenvalue weighted by Gasteiger charge is -2.07. The molecule has 0 heterocycles. The number of nitrogens with zero attached hydrogens (tertiary/aromatic N) is 1. The molecule has 0 radical (unpaired) electrons. The van der Waals surface area contributed by atoms with Crippen LogP contribution in [0.15, 0.2) is 0 Å². The molecule has 0 aliphatic rings. The van der Waals surface area contributed by atoms with Crippen molar-refractivity contribution < 1.29 is 14.3 Å². The lowest BCUT2D eigenvalue weighted by atomic mass is 10.00. The fourth-order valence-corrected chi connectivity index (χ4v) is 0.838. The third-order valence-electron chi connectivity index (χ3n) is 1.52. The first-order valence-corrected chi connectivity index (χ1v) is 3.58. The molecule has 0 amide bonds. The summed E-state index contributed by atoms with van der Waals surface area (Å²) in [4.78, 5) is 21.7. The molecule has 4 nitrogen and oxygen atoms in total. The van der Waals surface area contributed by atoms with Crippen molar-refractivity contribution in [3.8, 4) is 6.07 Å². The van der Waals surface area contributed by atoms with Crippen molar-refractivity contribution >= 4 is 11.8 Å². The topological polar surface area (TPSA) is 67.2 Å². The second kappa shape index (κ2) is 5.30. The van der Waals surface area contributed by atoms with Crippen LogP contribution in [0, 0.1) is 17.2 Å². The molecule has 1 unspecified atom stereocenters. The zero-order valence-electron chi connectivity index (χ0n) is 7.16. The number of nitriles is 1. The predicted octanol–water partition coefficient (Wildman–Crippen LogP) is 0.668. The SMILES string of the molecule is COC(=O)C(CCC#N)C(C)=O. The minimum absolute atomic E-state index is 0.194. The van der Waals surface area contributed by atoms with Crippen LogP contribution in [0.3, 0.4) is 0 Å². The highest BCUT2D eigenvalue weighted by Gasteiger charge is 2.23. The molecule has 0 aliphatic heterocycles. The molecule has 4 heteroatoms. The van der Waals surface area contributed by atoms with Crippen molar-refractivity contribution in [1.82, 2.24) is 0 Å². The van der Waals surface area contributed by atoms with Crippen LogP contribution in [0.25, 0.3) is 0 Å². The number of hydrogen-bond donors (Lipinski definition) is 0. The van der Waals surface area contributed by atoms with Crippen molar-refractivity contribution in [2.45, 2.75) is 19.8 Å². The third kappa shape index (κ3) is 3.15. The van der Waals surface area contributed by atoms with E-state index in [9.17, 15) is 9.59 Å². The fourth-order valence-electron chi connectivity index (χ4n) is 0.838. The van der Waals surface area contributed by atoms with Gasteiger partial charge in [-0.2, -0.15) is 5.26 Å². The van der Waals surface area contributed by atoms with Gasteiger partial charge < -0.3 is 4.74 Å². The van der Waals surface area contributed by atoms with Gasteiger partial charge in [0.15, 0.2) is 0 Å². The van der Waals surface area contributed by atoms with Gasteiger partial charge in [0.1, 0.15) is 11.7 Å². The molecule has 0 aromatic heterocycles. The summed E-state index contributed by atoms with van der Waals surface area (Å²) in [6.45, 7) is 1.32. The van der Waals surface area contributed by atoms with E-state index in [-0.39, 0.29) is 18.6 Å². The van der Waals surface area contributed by atoms with Gasteiger partial charge in [0.25, 0.3) is 0 Å². The van der Waals surface area contributed by atoms with Crippen LogP contribution in [0.2, 0.25) is 0 Å². The summed E-state index contributed by atoms with van der Waals surface area (Å²) in [5.41, 5.74) is 0. The minimum atomic E-state index is -0.769. The minimum Gasteiger partial charge on any atom is -0.468 e. The molecule has 0 N–H and O–H groups in total. The van der Waals surface area contributed by atoms with Gasteiger partial charge >= 0.3 is 5.97 Å². The Morgan fingerprint density at radius 1 is 1.58 bits per heavy atom. The highest BCUT2D eigenvalue weighted by Crippen LogP contribution is 2.08. The van der Waals surface area contributed by atoms with E-state index in [1.165, 1.54) is 14.0 Å². The van der Waals surface area contributed by atoms with Gasteiger partial charge in [-0.15, -0.1) is 0 Å². The van der Waals surface area contributed by atoms with Crippen LogP contribution in [0.4, 0.5) is 0 Å². The fraction of sp³-hybridized carbons (Fsp3) is 0.625. The molecule has 0 rings (SSSR count). The van der Waals surface area contributed by atoms with E-state index in [4.69, 9.17) is 5.26 Å². The molecule has 0 aliphatic carbocycles. The predicted molar refractivity (Wildman–Crippen MR) is 41.0 cm³/mol. The van der Waals surface area contributed by atoms with Crippen LogP contribution in [0.1, 0.15) is 19.8 Å². The van der Waals surface area contributed by atoms with E-state index >= 15 is 0 Å². The van der Waals surface area contributed by atoms with Crippen molar-refractivity contribution in [1.29, 1.82) is 5.26 Å². The van der Waals surface area contributed by atoms with Crippen molar-refractivity contribution in [3.05, 3.63) is 0 Å². The lowest BCUT2D eigenvalue weighted by Crippen LogP contribution is -2.22. The average Bonchev–Trinajstić information content (AvgIpc) is 2.04. The second-order valence-electron chi connectivity index (χ2n) is 2.38. The van der Waals surface area contributed by atoms with Gasteiger partial charge in [0.2, 0.25) is 0 Å². The Kier molecular flexibility index (Phi) is 4.70. The number of ketones is 1. The van der Waals surface area contributed by atoms with Crippen LogP contribution < -0.4 is 0 Å². The largest absolute Gasteiger partial charge is 0.468 e. The Morgan fingerprint density at radius 3 is 2.50 bits per heavy atom. The number of Topliss-reactive ketones (excluding diaryl/α,β-unsaturated/α-hetero) is 1. The first-order valence-electron chi connectivity index (χ1n) is 3.58. The first-order chi connectivity index (χ1) is 5.63. The number of rotatable bonds is 4. The lowest BCUT2D eigenvalue weighted by molar-refractivity contribution is -0.149. The number of ether oxygens (including phenoxy) is 1. The van der Waals surface area contributed by atoms with Crippen LogP contribution in [0.5, 0.6) is 0 Å². The molecule has 0 saturated carbocycles. The maximum Gasteiger partial charge on any atom is 0.316 e. The van der Waals surface area contributed by atoms with E-state index in [2.05, 4.69) is 4.74 Å². The Balaban J connectivity index is 4.15. The van der Waals surface area contributed by atoms with E-state index in [0.717, 1.165) is 0 Å². The molecule has 12 heavy (non-hydrogen) atoms. The molecule has 1 atom stereocenters. The Bertz CT molecular complexity index is 217. The van der Waals surface area contributed by atoms with E-state index in [0.29, 0.717) is 0 Å². The summed E-state index contributed by atoms with van der Waals surface area (Å²) in [6.07, 6.45) is 0.442. The zero-order chi connectivity index (χ0) is 9.56. The quantitative estimate of drug-likeness (QED) is 0.458. The number of esters is 1. The van der Waals surface area contributed by atoms with Gasteiger partial charge in [0, 0.05) is 6.42 Å². The monoisotopic (exact) mass is 169 g/mol. The number of hydrogen-bond acceptors (Lipinski definition) is 4. The normalized spacial score (nSPS) is 11.4. The summed E-state index contributed by atoms with van der Waals surface area (Å²) in [5.74, 6) is -1.58. The molecule has 0 bridgehead atoms. The molecule has 0 spiro atoms. The van der Waals surface area contributed by atoms with Gasteiger partial charge in [-0.3, -0.25) is 9.59 Å². The van der Waals surface area contributed by atoms with Crippen LogP contribution in [-0.2, 0) is 14.3 Å². The number of carbonyl (C=O) groups excluding carboxylic acids is 2. The highest BCUT2D eigenvalue weighted by atomic mass is 16.5. The summed E-state index contributed by atoms with van der Waals surface area (Å²) >= 11 is 0. The van der Waals surface area contributed by atoms with Crippen LogP contribution in [-0.4, -0.2) is 18.9 Å². The van der Waals surface area contributed by atoms with Gasteiger partial charge in [-0.25, -0.2) is 0 Å². The van der Waals surface area contributed by atoms with Crippen LogP contribution >= 0.6 is 0 Å². The second-order valence-corrected chi connectivity index (χ2v) is 2.38. The first kappa shape index (κ1) is 10.6. The summed E-state index contributed by atoms with van der Waals surface area (Å²) < 4.78 is 4.40. The summed E-state index contributed by atoms with van der Waals surface area (Å²) in [6, 6.07) is 1.87. The smallest absolute Gasteiger partial charge is 0.316 e. The highest BCUT2D eigenvalue weighted by molar-refractivity contribution is 5.97. The maximum atomic E-state index is 10.9. The summed E-state index contributed by atoms with van der Waals surface area (Å²) in [7, 11) is 1.23. The van der Waals surface area contributed by atoms with Gasteiger partial charge in [-0.1, -0.05) is 0 Å². The van der Waals surface area contributed by atoms with Gasteiger partial charge in [0.05, 0.1) is 13.2 Å². The number of methoxy groups -OCH3 is 1. The molecule has 0 aromatic rings. The Labute approximate surface area is 71.1 Å². The Morgan fingerprint density at radius 2 is 2.17 bits per heavy atom. The maximum absolute atomic E-state index is 10.9. The average molecular weight is 169 g/mol. The summed E-state index contributed by atoms with van der Waals surface area (Å²) in [5, 5.41) is 8.24. The van der Waals surface area contributed by atoms with E-state index < -0.39 is 11.9 Å². The molecular weight excluding hydrogens is 158 g/mol. The van der Waals surface area contributed by atoms with Crippen molar-refractivity contribution in [2.75, 3.05) is 7.11 Å². The molecule has 0 saturated heterocycles. The van der Waals surface area contributed by atoms with Gasteiger partial charge in [-0.05, 0) is 13.3 Å². The zero-order valence-corrected chi connectivity index (χ0v) is 7.16. The van der Waals surface area contributed by atoms with Crippen molar-refractivity contribution in [3.63, 3.8) is 0 Å². The van der Waals surface area contributed by atoms with E-state index in [1.54, 1.807) is 0 Å². The molecule has 66 valence electrons.